The van der Waals surface area contributed by atoms with Crippen LogP contribution in [0.2, 0.25) is 0 Å². The fourth-order valence-electron chi connectivity index (χ4n) is 2.53. The van der Waals surface area contributed by atoms with Gasteiger partial charge in [-0.05, 0) is 24.7 Å². The van der Waals surface area contributed by atoms with E-state index in [9.17, 15) is 24.0 Å². The number of carbonyl (C=O) groups excluding carboxylic acids is 2. The lowest BCUT2D eigenvalue weighted by Crippen LogP contribution is -2.49. The molecule has 1 aromatic rings. The number of esters is 2. The third kappa shape index (κ3) is 9.33. The monoisotopic (exact) mass is 443 g/mol. The lowest BCUT2D eigenvalue weighted by atomic mass is 10.1. The van der Waals surface area contributed by atoms with E-state index in [2.05, 4.69) is 0 Å². The zero-order valence-electron chi connectivity index (χ0n) is 18.4. The molecule has 1 aromatic heterocycles. The Labute approximate surface area is 180 Å². The number of hydrogen-bond acceptors (Lipinski definition) is 8. The number of nitrogens with one attached hydrogen (secondary N) is 1. The largest absolute Gasteiger partial charge is 0.466 e. The van der Waals surface area contributed by atoms with Gasteiger partial charge in [0.1, 0.15) is 0 Å². The highest BCUT2D eigenvalue weighted by Crippen LogP contribution is 2.06. The second-order valence-electron chi connectivity index (χ2n) is 7.64. The standard InChI is InChI=1S/C20H33N3O8/c1-4-14(2)7-11-30-16(25)5-9-22-18(27)21-19(28)23(20(22)29)10-6-17(26)31-12-8-15(3)13-24/h14-15,24H,4-13H2,1-3H3,(H,21,27,28). The molecule has 31 heavy (non-hydrogen) atoms. The van der Waals surface area contributed by atoms with E-state index < -0.39 is 29.0 Å². The summed E-state index contributed by atoms with van der Waals surface area (Å²) in [5, 5.41) is 8.94. The number of nitrogens with zero attached hydrogens (tertiary/aromatic N) is 2. The molecule has 1 heterocycles. The molecule has 0 aromatic carbocycles. The van der Waals surface area contributed by atoms with Crippen LogP contribution in [0.15, 0.2) is 14.4 Å². The van der Waals surface area contributed by atoms with Crippen molar-refractivity contribution < 1.29 is 24.2 Å². The molecule has 0 saturated heterocycles. The van der Waals surface area contributed by atoms with Crippen LogP contribution in [-0.4, -0.2) is 51.0 Å². The van der Waals surface area contributed by atoms with Crippen molar-refractivity contribution in [3.05, 3.63) is 31.5 Å². The Balaban J connectivity index is 2.66. The van der Waals surface area contributed by atoms with Gasteiger partial charge in [0.15, 0.2) is 0 Å². The van der Waals surface area contributed by atoms with Gasteiger partial charge < -0.3 is 14.6 Å². The molecule has 0 fully saturated rings. The fraction of sp³-hybridized carbons (Fsp3) is 0.750. The Bertz CT molecular complexity index is 818. The Morgan fingerprint density at radius 1 is 0.903 bits per heavy atom. The Kier molecular flexibility index (Phi) is 11.5. The highest BCUT2D eigenvalue weighted by atomic mass is 16.5. The SMILES string of the molecule is CCC(C)CCOC(=O)CCn1c(=O)[nH]c(=O)n(CCC(=O)OCCC(C)CO)c1=O. The molecule has 176 valence electrons. The second-order valence-corrected chi connectivity index (χ2v) is 7.64. The van der Waals surface area contributed by atoms with Gasteiger partial charge in [0.05, 0.1) is 26.1 Å². The Morgan fingerprint density at radius 2 is 1.35 bits per heavy atom. The fourth-order valence-corrected chi connectivity index (χ4v) is 2.53. The van der Waals surface area contributed by atoms with Crippen LogP contribution in [0, 0.1) is 11.8 Å². The summed E-state index contributed by atoms with van der Waals surface area (Å²) in [6.45, 7) is 5.72. The molecule has 0 amide bonds. The molecule has 0 spiro atoms. The van der Waals surface area contributed by atoms with Gasteiger partial charge in [-0.25, -0.2) is 23.5 Å². The number of aromatic nitrogens is 3. The summed E-state index contributed by atoms with van der Waals surface area (Å²) in [7, 11) is 0. The number of H-pyrrole nitrogens is 1. The highest BCUT2D eigenvalue weighted by molar-refractivity contribution is 5.69. The normalized spacial score (nSPS) is 12.9. The van der Waals surface area contributed by atoms with Crippen molar-refractivity contribution in [1.29, 1.82) is 0 Å². The first-order valence-corrected chi connectivity index (χ1v) is 10.6. The minimum Gasteiger partial charge on any atom is -0.466 e. The number of ether oxygens (including phenoxy) is 2. The molecule has 2 atom stereocenters. The van der Waals surface area contributed by atoms with E-state index >= 15 is 0 Å². The number of aliphatic hydroxyl groups is 1. The summed E-state index contributed by atoms with van der Waals surface area (Å²) >= 11 is 0. The molecule has 2 N–H and O–H groups in total. The predicted molar refractivity (Wildman–Crippen MR) is 112 cm³/mol. The van der Waals surface area contributed by atoms with E-state index in [0.717, 1.165) is 17.4 Å². The summed E-state index contributed by atoms with van der Waals surface area (Å²) in [6, 6.07) is 0. The zero-order chi connectivity index (χ0) is 23.4. The average molecular weight is 443 g/mol. The van der Waals surface area contributed by atoms with E-state index in [1.807, 2.05) is 18.8 Å². The predicted octanol–water partition coefficient (Wildman–Crippen LogP) is 0.0196. The van der Waals surface area contributed by atoms with Gasteiger partial charge in [0.2, 0.25) is 0 Å². The first-order chi connectivity index (χ1) is 14.7. The van der Waals surface area contributed by atoms with Gasteiger partial charge in [0, 0.05) is 19.7 Å². The molecule has 0 aliphatic heterocycles. The van der Waals surface area contributed by atoms with Crippen LogP contribution < -0.4 is 17.1 Å². The number of rotatable bonds is 14. The Hall–Kier alpha value is -2.69. The Morgan fingerprint density at radius 3 is 1.77 bits per heavy atom. The molecule has 1 rings (SSSR count). The minimum atomic E-state index is -0.941. The number of hydrogen-bond donors (Lipinski definition) is 2. The quantitative estimate of drug-likeness (QED) is 0.382. The van der Waals surface area contributed by atoms with Crippen LogP contribution in [0.3, 0.4) is 0 Å². The molecule has 2 unspecified atom stereocenters. The maximum atomic E-state index is 12.5. The third-order valence-corrected chi connectivity index (χ3v) is 5.00. The first-order valence-electron chi connectivity index (χ1n) is 10.6. The molecule has 0 bridgehead atoms. The van der Waals surface area contributed by atoms with Crippen molar-refractivity contribution in [2.45, 2.75) is 66.0 Å². The van der Waals surface area contributed by atoms with Crippen LogP contribution in [-0.2, 0) is 32.2 Å². The molecule has 0 radical (unpaired) electrons. The van der Waals surface area contributed by atoms with Crippen LogP contribution in [0.4, 0.5) is 0 Å². The van der Waals surface area contributed by atoms with Crippen LogP contribution in [0.25, 0.3) is 0 Å². The molecule has 11 heteroatoms. The molecule has 11 nitrogen and oxygen atoms in total. The van der Waals surface area contributed by atoms with Crippen molar-refractivity contribution in [3.63, 3.8) is 0 Å². The topological polar surface area (TPSA) is 150 Å². The summed E-state index contributed by atoms with van der Waals surface area (Å²) in [6.07, 6.45) is 1.74. The second kappa shape index (κ2) is 13.6. The van der Waals surface area contributed by atoms with E-state index in [-0.39, 0.29) is 51.7 Å². The average Bonchev–Trinajstić information content (AvgIpc) is 2.72. The van der Waals surface area contributed by atoms with E-state index in [1.54, 1.807) is 6.92 Å². The van der Waals surface area contributed by atoms with Crippen LogP contribution in [0.5, 0.6) is 0 Å². The van der Waals surface area contributed by atoms with Gasteiger partial charge in [-0.2, -0.15) is 0 Å². The maximum Gasteiger partial charge on any atom is 0.336 e. The molecule has 0 aliphatic carbocycles. The van der Waals surface area contributed by atoms with Gasteiger partial charge in [0.25, 0.3) is 0 Å². The van der Waals surface area contributed by atoms with Gasteiger partial charge in [-0.3, -0.25) is 14.6 Å². The summed E-state index contributed by atoms with van der Waals surface area (Å²) in [5.41, 5.74) is -2.79. The summed E-state index contributed by atoms with van der Waals surface area (Å²) in [4.78, 5) is 62.1. The van der Waals surface area contributed by atoms with Crippen molar-refractivity contribution in [2.24, 2.45) is 11.8 Å². The summed E-state index contributed by atoms with van der Waals surface area (Å²) < 4.78 is 11.5. The third-order valence-electron chi connectivity index (χ3n) is 5.00. The smallest absolute Gasteiger partial charge is 0.336 e. The van der Waals surface area contributed by atoms with E-state index in [1.165, 1.54) is 0 Å². The van der Waals surface area contributed by atoms with E-state index in [0.29, 0.717) is 16.9 Å². The van der Waals surface area contributed by atoms with Gasteiger partial charge in [-0.1, -0.05) is 27.2 Å². The summed E-state index contributed by atoms with van der Waals surface area (Å²) in [5.74, 6) is -0.748. The van der Waals surface area contributed by atoms with Crippen LogP contribution >= 0.6 is 0 Å². The van der Waals surface area contributed by atoms with Crippen molar-refractivity contribution >= 4 is 11.9 Å². The zero-order valence-corrected chi connectivity index (χ0v) is 18.4. The molecular formula is C20H33N3O8. The first kappa shape index (κ1) is 26.3. The highest BCUT2D eigenvalue weighted by Gasteiger charge is 2.14. The molecule has 0 saturated carbocycles. The van der Waals surface area contributed by atoms with Crippen molar-refractivity contribution in [2.75, 3.05) is 19.8 Å². The minimum absolute atomic E-state index is 0.0106. The lowest BCUT2D eigenvalue weighted by molar-refractivity contribution is -0.145. The number of aromatic amines is 1. The van der Waals surface area contributed by atoms with Crippen molar-refractivity contribution in [1.82, 2.24) is 14.1 Å². The number of aliphatic hydroxyl groups excluding tert-OH is 1. The number of carbonyl (C=O) groups is 2. The molecule has 0 aliphatic rings. The van der Waals surface area contributed by atoms with Crippen LogP contribution in [0.1, 0.15) is 52.9 Å². The van der Waals surface area contributed by atoms with Gasteiger partial charge >= 0.3 is 29.0 Å². The van der Waals surface area contributed by atoms with E-state index in [4.69, 9.17) is 14.6 Å². The molecular weight excluding hydrogens is 410 g/mol. The lowest BCUT2D eigenvalue weighted by Gasteiger charge is -2.11. The van der Waals surface area contributed by atoms with Crippen molar-refractivity contribution in [3.8, 4) is 0 Å². The maximum absolute atomic E-state index is 12.5. The van der Waals surface area contributed by atoms with Gasteiger partial charge in [-0.15, -0.1) is 0 Å².